The van der Waals surface area contributed by atoms with Crippen molar-refractivity contribution in [2.45, 2.75) is 32.1 Å². The second-order valence-electron chi connectivity index (χ2n) is 4.53. The summed E-state index contributed by atoms with van der Waals surface area (Å²) in [6, 6.07) is 8.08. The first-order valence-corrected chi connectivity index (χ1v) is 7.14. The lowest BCUT2D eigenvalue weighted by Gasteiger charge is -2.18. The van der Waals surface area contributed by atoms with E-state index < -0.39 is 0 Å². The summed E-state index contributed by atoms with van der Waals surface area (Å²) in [7, 11) is 1.97. The highest BCUT2D eigenvalue weighted by atomic mass is 35.5. The average molecular weight is 270 g/mol. The summed E-state index contributed by atoms with van der Waals surface area (Å²) in [5, 5.41) is 4.08. The van der Waals surface area contributed by atoms with Gasteiger partial charge in [-0.15, -0.1) is 0 Å². The Labute approximate surface area is 116 Å². The molecule has 1 aromatic rings. The SMILES string of the molecule is CCCCOCCC(CNC)c1ccccc1Cl. The summed E-state index contributed by atoms with van der Waals surface area (Å²) in [5.41, 5.74) is 1.22. The lowest BCUT2D eigenvalue weighted by Crippen LogP contribution is -2.19. The number of benzene rings is 1. The molecule has 0 fully saturated rings. The highest BCUT2D eigenvalue weighted by molar-refractivity contribution is 6.31. The molecule has 0 amide bonds. The van der Waals surface area contributed by atoms with E-state index in [9.17, 15) is 0 Å². The Morgan fingerprint density at radius 3 is 2.72 bits per heavy atom. The second kappa shape index (κ2) is 9.37. The van der Waals surface area contributed by atoms with Crippen LogP contribution < -0.4 is 5.32 Å². The third kappa shape index (κ3) is 5.38. The van der Waals surface area contributed by atoms with Gasteiger partial charge in [0.05, 0.1) is 0 Å². The number of likely N-dealkylation sites (N-methyl/N-ethyl adjacent to an activating group) is 1. The number of rotatable bonds is 9. The molecule has 0 aliphatic carbocycles. The molecule has 0 spiro atoms. The normalized spacial score (nSPS) is 12.6. The maximum Gasteiger partial charge on any atom is 0.0472 e. The first-order valence-electron chi connectivity index (χ1n) is 6.76. The van der Waals surface area contributed by atoms with Crippen LogP contribution in [0.15, 0.2) is 24.3 Å². The van der Waals surface area contributed by atoms with Crippen LogP contribution in [0.3, 0.4) is 0 Å². The van der Waals surface area contributed by atoms with Gasteiger partial charge in [0, 0.05) is 24.8 Å². The zero-order valence-corrected chi connectivity index (χ0v) is 12.2. The molecule has 0 saturated carbocycles. The molecule has 0 radical (unpaired) electrons. The van der Waals surface area contributed by atoms with Gasteiger partial charge < -0.3 is 10.1 Å². The Hall–Kier alpha value is -0.570. The lowest BCUT2D eigenvalue weighted by atomic mass is 9.96. The second-order valence-corrected chi connectivity index (χ2v) is 4.94. The topological polar surface area (TPSA) is 21.3 Å². The summed E-state index contributed by atoms with van der Waals surface area (Å²) in [5.74, 6) is 0.422. The van der Waals surface area contributed by atoms with Crippen molar-refractivity contribution >= 4 is 11.6 Å². The van der Waals surface area contributed by atoms with Gasteiger partial charge in [0.2, 0.25) is 0 Å². The van der Waals surface area contributed by atoms with Crippen LogP contribution in [0.2, 0.25) is 5.02 Å². The molecule has 0 bridgehead atoms. The van der Waals surface area contributed by atoms with E-state index in [2.05, 4.69) is 18.3 Å². The molecule has 2 nitrogen and oxygen atoms in total. The Kier molecular flexibility index (Phi) is 8.06. The van der Waals surface area contributed by atoms with Crippen molar-refractivity contribution < 1.29 is 4.74 Å². The van der Waals surface area contributed by atoms with E-state index in [1.54, 1.807) is 0 Å². The van der Waals surface area contributed by atoms with Crippen molar-refractivity contribution in [2.75, 3.05) is 26.8 Å². The molecule has 1 unspecified atom stereocenters. The summed E-state index contributed by atoms with van der Waals surface area (Å²) < 4.78 is 5.64. The third-order valence-electron chi connectivity index (χ3n) is 3.05. The highest BCUT2D eigenvalue weighted by Gasteiger charge is 2.13. The van der Waals surface area contributed by atoms with Crippen LogP contribution >= 0.6 is 11.6 Å². The number of halogens is 1. The molecule has 1 atom stereocenters. The summed E-state index contributed by atoms with van der Waals surface area (Å²) in [6.07, 6.45) is 3.33. The van der Waals surface area contributed by atoms with Crippen LogP contribution in [-0.2, 0) is 4.74 Å². The van der Waals surface area contributed by atoms with Crippen LogP contribution in [0.1, 0.15) is 37.7 Å². The molecule has 0 aromatic heterocycles. The average Bonchev–Trinajstić information content (AvgIpc) is 2.38. The van der Waals surface area contributed by atoms with Gasteiger partial charge in [-0.2, -0.15) is 0 Å². The molecule has 18 heavy (non-hydrogen) atoms. The van der Waals surface area contributed by atoms with Crippen molar-refractivity contribution in [1.82, 2.24) is 5.32 Å². The Balaban J connectivity index is 2.47. The summed E-state index contributed by atoms with van der Waals surface area (Å²) in [4.78, 5) is 0. The minimum absolute atomic E-state index is 0.422. The monoisotopic (exact) mass is 269 g/mol. The van der Waals surface area contributed by atoms with E-state index >= 15 is 0 Å². The van der Waals surface area contributed by atoms with Crippen molar-refractivity contribution in [3.8, 4) is 0 Å². The van der Waals surface area contributed by atoms with Gasteiger partial charge in [0.25, 0.3) is 0 Å². The van der Waals surface area contributed by atoms with E-state index in [0.717, 1.165) is 37.6 Å². The van der Waals surface area contributed by atoms with E-state index in [4.69, 9.17) is 16.3 Å². The molecule has 1 aromatic carbocycles. The molecule has 102 valence electrons. The van der Waals surface area contributed by atoms with E-state index in [1.807, 2.05) is 25.2 Å². The van der Waals surface area contributed by atoms with Gasteiger partial charge in [0.1, 0.15) is 0 Å². The molecular formula is C15H24ClNO. The molecule has 1 N–H and O–H groups in total. The zero-order valence-electron chi connectivity index (χ0n) is 11.4. The van der Waals surface area contributed by atoms with Crippen LogP contribution in [0.4, 0.5) is 0 Å². The van der Waals surface area contributed by atoms with Gasteiger partial charge in [0.15, 0.2) is 0 Å². The standard InChI is InChI=1S/C15H24ClNO/c1-3-4-10-18-11-9-13(12-17-2)14-7-5-6-8-15(14)16/h5-8,13,17H,3-4,9-12H2,1-2H3. The number of unbranched alkanes of at least 4 members (excludes halogenated alkanes) is 1. The predicted octanol–water partition coefficient (Wildman–Crippen LogP) is 3.85. The Morgan fingerprint density at radius 1 is 1.28 bits per heavy atom. The van der Waals surface area contributed by atoms with Gasteiger partial charge in [-0.3, -0.25) is 0 Å². The smallest absolute Gasteiger partial charge is 0.0472 e. The van der Waals surface area contributed by atoms with Crippen LogP contribution in [-0.4, -0.2) is 26.8 Å². The van der Waals surface area contributed by atoms with Crippen LogP contribution in [0, 0.1) is 0 Å². The van der Waals surface area contributed by atoms with Crippen molar-refractivity contribution in [2.24, 2.45) is 0 Å². The van der Waals surface area contributed by atoms with E-state index in [0.29, 0.717) is 5.92 Å². The molecule has 0 saturated heterocycles. The maximum absolute atomic E-state index is 6.25. The van der Waals surface area contributed by atoms with E-state index in [1.165, 1.54) is 12.0 Å². The minimum atomic E-state index is 0.422. The molecule has 1 rings (SSSR count). The number of nitrogens with one attached hydrogen (secondary N) is 1. The largest absolute Gasteiger partial charge is 0.381 e. The first-order chi connectivity index (χ1) is 8.79. The van der Waals surface area contributed by atoms with Crippen molar-refractivity contribution in [3.05, 3.63) is 34.9 Å². The lowest BCUT2D eigenvalue weighted by molar-refractivity contribution is 0.124. The molecule has 0 aliphatic rings. The first kappa shape index (κ1) is 15.5. The quantitative estimate of drug-likeness (QED) is 0.688. The van der Waals surface area contributed by atoms with Crippen LogP contribution in [0.5, 0.6) is 0 Å². The van der Waals surface area contributed by atoms with E-state index in [-0.39, 0.29) is 0 Å². The zero-order chi connectivity index (χ0) is 13.2. The summed E-state index contributed by atoms with van der Waals surface area (Å²) in [6.45, 7) is 4.78. The predicted molar refractivity (Wildman–Crippen MR) is 78.5 cm³/mol. The van der Waals surface area contributed by atoms with Gasteiger partial charge in [-0.25, -0.2) is 0 Å². The van der Waals surface area contributed by atoms with Gasteiger partial charge in [-0.05, 0) is 37.4 Å². The Morgan fingerprint density at radius 2 is 2.06 bits per heavy atom. The fraction of sp³-hybridized carbons (Fsp3) is 0.600. The fourth-order valence-electron chi connectivity index (χ4n) is 1.99. The van der Waals surface area contributed by atoms with Gasteiger partial charge >= 0.3 is 0 Å². The van der Waals surface area contributed by atoms with Crippen molar-refractivity contribution in [1.29, 1.82) is 0 Å². The fourth-order valence-corrected chi connectivity index (χ4v) is 2.28. The third-order valence-corrected chi connectivity index (χ3v) is 3.39. The highest BCUT2D eigenvalue weighted by Crippen LogP contribution is 2.26. The molecule has 3 heteroatoms. The maximum atomic E-state index is 6.25. The summed E-state index contributed by atoms with van der Waals surface area (Å²) >= 11 is 6.25. The number of ether oxygens (including phenoxy) is 1. The molecule has 0 aliphatic heterocycles. The minimum Gasteiger partial charge on any atom is -0.381 e. The molecule has 0 heterocycles. The van der Waals surface area contributed by atoms with Crippen LogP contribution in [0.25, 0.3) is 0 Å². The molecular weight excluding hydrogens is 246 g/mol. The Bertz CT molecular complexity index is 330. The number of hydrogen-bond acceptors (Lipinski definition) is 2. The van der Waals surface area contributed by atoms with Crippen molar-refractivity contribution in [3.63, 3.8) is 0 Å². The number of hydrogen-bond donors (Lipinski definition) is 1. The van der Waals surface area contributed by atoms with Gasteiger partial charge in [-0.1, -0.05) is 43.1 Å².